The minimum atomic E-state index is -0.247. The Morgan fingerprint density at radius 3 is 2.75 bits per heavy atom. The maximum Gasteiger partial charge on any atom is 0.257 e. The van der Waals surface area contributed by atoms with E-state index in [4.69, 9.17) is 9.47 Å². The third-order valence-electron chi connectivity index (χ3n) is 4.43. The van der Waals surface area contributed by atoms with Crippen LogP contribution >= 0.6 is 0 Å². The Labute approximate surface area is 141 Å². The number of para-hydroxylation sites is 1. The van der Waals surface area contributed by atoms with Crippen molar-refractivity contribution in [2.45, 2.75) is 0 Å². The van der Waals surface area contributed by atoms with Gasteiger partial charge < -0.3 is 24.6 Å². The molecule has 0 radical (unpaired) electrons. The molecule has 0 saturated carbocycles. The van der Waals surface area contributed by atoms with Gasteiger partial charge in [-0.1, -0.05) is 6.07 Å². The molecule has 130 valence electrons. The standard InChI is InChI=1S/C17H23N3O4/c1-18-16(21)12-10-19(2)6-7-20(11-12)17(22)13-4-3-5-14-15(13)24-9-8-23-14/h3-5,12H,6-11H2,1-2H3,(H,18,21)/t12-/m1/s1. The van der Waals surface area contributed by atoms with Gasteiger partial charge in [-0.15, -0.1) is 0 Å². The van der Waals surface area contributed by atoms with E-state index in [1.54, 1.807) is 30.1 Å². The first-order valence-corrected chi connectivity index (χ1v) is 8.18. The van der Waals surface area contributed by atoms with Crippen molar-refractivity contribution in [1.82, 2.24) is 15.1 Å². The molecule has 0 aromatic heterocycles. The van der Waals surface area contributed by atoms with Crippen molar-refractivity contribution in [3.63, 3.8) is 0 Å². The number of hydrogen-bond donors (Lipinski definition) is 1. The molecule has 2 aliphatic rings. The van der Waals surface area contributed by atoms with E-state index in [1.807, 2.05) is 7.05 Å². The minimum Gasteiger partial charge on any atom is -0.486 e. The first-order chi connectivity index (χ1) is 11.6. The molecule has 1 fully saturated rings. The summed E-state index contributed by atoms with van der Waals surface area (Å²) in [4.78, 5) is 28.9. The number of nitrogens with one attached hydrogen (secondary N) is 1. The van der Waals surface area contributed by atoms with Crippen molar-refractivity contribution in [2.75, 3.05) is 53.5 Å². The highest BCUT2D eigenvalue weighted by Gasteiger charge is 2.31. The SMILES string of the molecule is CNC(=O)[C@@H]1CN(C)CCN(C(=O)c2cccc3c2OCCO3)C1. The highest BCUT2D eigenvalue weighted by atomic mass is 16.6. The van der Waals surface area contributed by atoms with Crippen LogP contribution in [0.4, 0.5) is 0 Å². The summed E-state index contributed by atoms with van der Waals surface area (Å²) >= 11 is 0. The van der Waals surface area contributed by atoms with Gasteiger partial charge in [-0.05, 0) is 19.2 Å². The Bertz CT molecular complexity index is 634. The zero-order valence-corrected chi connectivity index (χ0v) is 14.1. The Hall–Kier alpha value is -2.28. The van der Waals surface area contributed by atoms with E-state index in [2.05, 4.69) is 10.2 Å². The average Bonchev–Trinajstić information content (AvgIpc) is 2.81. The van der Waals surface area contributed by atoms with Crippen molar-refractivity contribution in [2.24, 2.45) is 5.92 Å². The first kappa shape index (κ1) is 16.6. The lowest BCUT2D eigenvalue weighted by Gasteiger charge is -2.26. The van der Waals surface area contributed by atoms with Crippen molar-refractivity contribution in [1.29, 1.82) is 0 Å². The Balaban J connectivity index is 1.85. The van der Waals surface area contributed by atoms with Crippen molar-refractivity contribution in [3.8, 4) is 11.5 Å². The summed E-state index contributed by atoms with van der Waals surface area (Å²) in [5, 5.41) is 2.68. The molecule has 1 aromatic rings. The number of amides is 2. The summed E-state index contributed by atoms with van der Waals surface area (Å²) in [6.07, 6.45) is 0. The smallest absolute Gasteiger partial charge is 0.257 e. The maximum atomic E-state index is 13.0. The molecular formula is C17H23N3O4. The molecule has 0 aliphatic carbocycles. The van der Waals surface area contributed by atoms with Crippen LogP contribution in [0.15, 0.2) is 18.2 Å². The molecule has 7 nitrogen and oxygen atoms in total. The second-order valence-electron chi connectivity index (χ2n) is 6.15. The predicted molar refractivity (Wildman–Crippen MR) is 88.4 cm³/mol. The Morgan fingerprint density at radius 1 is 1.17 bits per heavy atom. The molecule has 24 heavy (non-hydrogen) atoms. The zero-order valence-electron chi connectivity index (χ0n) is 14.1. The fourth-order valence-corrected chi connectivity index (χ4v) is 3.14. The van der Waals surface area contributed by atoms with Gasteiger partial charge >= 0.3 is 0 Å². The van der Waals surface area contributed by atoms with Crippen LogP contribution in [0.5, 0.6) is 11.5 Å². The zero-order chi connectivity index (χ0) is 17.1. The van der Waals surface area contributed by atoms with Gasteiger partial charge in [-0.3, -0.25) is 9.59 Å². The van der Waals surface area contributed by atoms with E-state index < -0.39 is 0 Å². The summed E-state index contributed by atoms with van der Waals surface area (Å²) in [7, 11) is 3.59. The van der Waals surface area contributed by atoms with E-state index in [0.29, 0.717) is 49.9 Å². The number of likely N-dealkylation sites (N-methyl/N-ethyl adjacent to an activating group) is 1. The fraction of sp³-hybridized carbons (Fsp3) is 0.529. The Morgan fingerprint density at radius 2 is 1.96 bits per heavy atom. The number of ether oxygens (including phenoxy) is 2. The number of nitrogens with zero attached hydrogens (tertiary/aromatic N) is 2. The van der Waals surface area contributed by atoms with Gasteiger partial charge in [0.2, 0.25) is 5.91 Å². The van der Waals surface area contributed by atoms with Gasteiger partial charge in [0.25, 0.3) is 5.91 Å². The van der Waals surface area contributed by atoms with Gasteiger partial charge in [0.1, 0.15) is 13.2 Å². The van der Waals surface area contributed by atoms with E-state index >= 15 is 0 Å². The van der Waals surface area contributed by atoms with E-state index in [-0.39, 0.29) is 17.7 Å². The predicted octanol–water partition coefficient (Wildman–Crippen LogP) is 0.208. The van der Waals surface area contributed by atoms with Gasteiger partial charge in [0.15, 0.2) is 11.5 Å². The quantitative estimate of drug-likeness (QED) is 0.838. The summed E-state index contributed by atoms with van der Waals surface area (Å²) in [6, 6.07) is 5.34. The third kappa shape index (κ3) is 3.31. The lowest BCUT2D eigenvalue weighted by Crippen LogP contribution is -2.41. The molecule has 0 unspecified atom stereocenters. The number of carbonyl (C=O) groups excluding carboxylic acids is 2. The van der Waals surface area contributed by atoms with Gasteiger partial charge in [0.05, 0.1) is 11.5 Å². The van der Waals surface area contributed by atoms with Crippen LogP contribution in [0.2, 0.25) is 0 Å². The van der Waals surface area contributed by atoms with Crippen LogP contribution in [0.25, 0.3) is 0 Å². The molecule has 0 bridgehead atoms. The van der Waals surface area contributed by atoms with Crippen molar-refractivity contribution in [3.05, 3.63) is 23.8 Å². The molecule has 7 heteroatoms. The molecule has 1 saturated heterocycles. The van der Waals surface area contributed by atoms with Crippen molar-refractivity contribution < 1.29 is 19.1 Å². The molecule has 2 aliphatic heterocycles. The average molecular weight is 333 g/mol. The second-order valence-corrected chi connectivity index (χ2v) is 6.15. The van der Waals surface area contributed by atoms with Crippen LogP contribution in [-0.2, 0) is 4.79 Å². The summed E-state index contributed by atoms with van der Waals surface area (Å²) in [6.45, 7) is 3.25. The summed E-state index contributed by atoms with van der Waals surface area (Å²) in [5.41, 5.74) is 0.493. The molecule has 0 spiro atoms. The van der Waals surface area contributed by atoms with Crippen molar-refractivity contribution >= 4 is 11.8 Å². The first-order valence-electron chi connectivity index (χ1n) is 8.18. The van der Waals surface area contributed by atoms with Gasteiger partial charge in [-0.2, -0.15) is 0 Å². The Kier molecular flexibility index (Phi) is 4.89. The largest absolute Gasteiger partial charge is 0.486 e. The molecule has 1 aromatic carbocycles. The molecule has 1 N–H and O–H groups in total. The topological polar surface area (TPSA) is 71.1 Å². The number of benzene rings is 1. The van der Waals surface area contributed by atoms with Crippen LogP contribution in [-0.4, -0.2) is 75.1 Å². The maximum absolute atomic E-state index is 13.0. The van der Waals surface area contributed by atoms with Crippen LogP contribution in [0.3, 0.4) is 0 Å². The van der Waals surface area contributed by atoms with E-state index in [9.17, 15) is 9.59 Å². The van der Waals surface area contributed by atoms with Gasteiger partial charge in [-0.25, -0.2) is 0 Å². The summed E-state index contributed by atoms with van der Waals surface area (Å²) < 4.78 is 11.2. The monoisotopic (exact) mass is 333 g/mol. The van der Waals surface area contributed by atoms with Crippen LogP contribution in [0, 0.1) is 5.92 Å². The fourth-order valence-electron chi connectivity index (χ4n) is 3.14. The van der Waals surface area contributed by atoms with E-state index in [0.717, 1.165) is 6.54 Å². The molecular weight excluding hydrogens is 310 g/mol. The lowest BCUT2D eigenvalue weighted by atomic mass is 10.1. The molecule has 3 rings (SSSR count). The van der Waals surface area contributed by atoms with Crippen LogP contribution in [0.1, 0.15) is 10.4 Å². The number of rotatable bonds is 2. The molecule has 2 heterocycles. The molecule has 1 atom stereocenters. The number of carbonyl (C=O) groups is 2. The summed E-state index contributed by atoms with van der Waals surface area (Å²) in [5.74, 6) is 0.686. The van der Waals surface area contributed by atoms with E-state index in [1.165, 1.54) is 0 Å². The normalized spacial score (nSPS) is 21.1. The number of hydrogen-bond acceptors (Lipinski definition) is 5. The highest BCUT2D eigenvalue weighted by Crippen LogP contribution is 2.34. The minimum absolute atomic E-state index is 0.0452. The van der Waals surface area contributed by atoms with Crippen LogP contribution < -0.4 is 14.8 Å². The number of fused-ring (bicyclic) bond motifs is 1. The lowest BCUT2D eigenvalue weighted by molar-refractivity contribution is -0.125. The van der Waals surface area contributed by atoms with Gasteiger partial charge in [0, 0.05) is 33.2 Å². The third-order valence-corrected chi connectivity index (χ3v) is 4.43. The highest BCUT2D eigenvalue weighted by molar-refractivity contribution is 5.98. The molecule has 2 amide bonds. The second kappa shape index (κ2) is 7.09.